The Bertz CT molecular complexity index is 1020. The maximum Gasteiger partial charge on any atom is 0.223 e. The topological polar surface area (TPSA) is 67.2 Å². The first-order chi connectivity index (χ1) is 14.4. The molecule has 2 bridgehead atoms. The molecule has 0 saturated heterocycles. The van der Waals surface area contributed by atoms with Crippen LogP contribution in [0.4, 0.5) is 8.78 Å². The summed E-state index contributed by atoms with van der Waals surface area (Å²) in [5.41, 5.74) is 1.06. The Morgan fingerprint density at radius 3 is 2.63 bits per heavy atom. The fourth-order valence-electron chi connectivity index (χ4n) is 7.17. The minimum absolute atomic E-state index is 0.00590. The molecule has 5 nitrogen and oxygen atoms in total. The van der Waals surface area contributed by atoms with Gasteiger partial charge in [0, 0.05) is 36.2 Å². The summed E-state index contributed by atoms with van der Waals surface area (Å²) in [6.07, 6.45) is 6.54. The van der Waals surface area contributed by atoms with Crippen LogP contribution >= 0.6 is 0 Å². The van der Waals surface area contributed by atoms with Crippen LogP contribution in [0.25, 0.3) is 11.0 Å². The maximum atomic E-state index is 13.7. The van der Waals surface area contributed by atoms with E-state index in [2.05, 4.69) is 10.3 Å². The third-order valence-corrected chi connectivity index (χ3v) is 8.74. The Labute approximate surface area is 173 Å². The van der Waals surface area contributed by atoms with Gasteiger partial charge >= 0.3 is 0 Å². The standard InChI is InChI=1S/C23H27F2N3O2/c1-11(22(30)27-23-6-12(7-23)13(8-23)9-29)21-15-2-14(3-16(15)21)28-10-26-19-4-17(24)18(25)5-20(19)28/h4-5,10-16,21,29H,2-3,6-9H2,1H3,(H,27,30)/t11?,12?,13?,14?,15-,16+,21?,23?. The molecule has 7 heteroatoms. The van der Waals surface area contributed by atoms with Crippen molar-refractivity contribution in [2.75, 3.05) is 6.61 Å². The third-order valence-electron chi connectivity index (χ3n) is 8.74. The predicted molar refractivity (Wildman–Crippen MR) is 106 cm³/mol. The van der Waals surface area contributed by atoms with Gasteiger partial charge in [0.15, 0.2) is 11.6 Å². The number of nitrogens with zero attached hydrogens (tertiary/aromatic N) is 2. The van der Waals surface area contributed by atoms with Gasteiger partial charge in [0.25, 0.3) is 0 Å². The Morgan fingerprint density at radius 2 is 1.97 bits per heavy atom. The third kappa shape index (κ3) is 2.60. The van der Waals surface area contributed by atoms with Gasteiger partial charge in [-0.2, -0.15) is 0 Å². The minimum Gasteiger partial charge on any atom is -0.396 e. The number of nitrogens with one attached hydrogen (secondary N) is 1. The zero-order chi connectivity index (χ0) is 20.8. The van der Waals surface area contributed by atoms with E-state index in [1.807, 2.05) is 11.5 Å². The Kier molecular flexibility index (Phi) is 3.90. The average Bonchev–Trinajstić information content (AvgIpc) is 3.16. The number of halogens is 2. The second-order valence-corrected chi connectivity index (χ2v) is 10.3. The van der Waals surface area contributed by atoms with E-state index in [0.29, 0.717) is 40.6 Å². The lowest BCUT2D eigenvalue weighted by molar-refractivity contribution is -0.128. The molecule has 1 aromatic heterocycles. The molecule has 5 aliphatic carbocycles. The second-order valence-electron chi connectivity index (χ2n) is 10.3. The Hall–Kier alpha value is -2.02. The van der Waals surface area contributed by atoms with Gasteiger partial charge in [-0.25, -0.2) is 13.8 Å². The summed E-state index contributed by atoms with van der Waals surface area (Å²) in [4.78, 5) is 17.2. The second kappa shape index (κ2) is 6.25. The van der Waals surface area contributed by atoms with E-state index in [1.54, 1.807) is 6.33 Å². The molecule has 1 heterocycles. The summed E-state index contributed by atoms with van der Waals surface area (Å²) in [5, 5.41) is 12.8. The van der Waals surface area contributed by atoms with Crippen LogP contribution in [-0.2, 0) is 4.79 Å². The molecule has 0 radical (unpaired) electrons. The lowest BCUT2D eigenvalue weighted by Crippen LogP contribution is -2.53. The summed E-state index contributed by atoms with van der Waals surface area (Å²) >= 11 is 0. The van der Waals surface area contributed by atoms with Crippen LogP contribution in [0.5, 0.6) is 0 Å². The van der Waals surface area contributed by atoms with Gasteiger partial charge in [-0.15, -0.1) is 0 Å². The molecule has 160 valence electrons. The Morgan fingerprint density at radius 1 is 1.27 bits per heavy atom. The highest BCUT2D eigenvalue weighted by molar-refractivity contribution is 5.80. The van der Waals surface area contributed by atoms with Crippen molar-refractivity contribution >= 4 is 16.9 Å². The highest BCUT2D eigenvalue weighted by Gasteiger charge is 2.61. The summed E-state index contributed by atoms with van der Waals surface area (Å²) in [7, 11) is 0. The molecule has 5 fully saturated rings. The van der Waals surface area contributed by atoms with Crippen LogP contribution in [0, 0.1) is 47.1 Å². The van der Waals surface area contributed by atoms with Gasteiger partial charge in [0.05, 0.1) is 17.4 Å². The van der Waals surface area contributed by atoms with Gasteiger partial charge in [0.2, 0.25) is 5.91 Å². The number of hydrogen-bond acceptors (Lipinski definition) is 3. The quantitative estimate of drug-likeness (QED) is 0.786. The number of hydrogen-bond donors (Lipinski definition) is 2. The van der Waals surface area contributed by atoms with E-state index in [4.69, 9.17) is 0 Å². The number of fused-ring (bicyclic) bond motifs is 3. The van der Waals surface area contributed by atoms with E-state index in [9.17, 15) is 18.7 Å². The minimum atomic E-state index is -0.869. The van der Waals surface area contributed by atoms with E-state index < -0.39 is 11.6 Å². The molecule has 1 amide bonds. The van der Waals surface area contributed by atoms with E-state index in [0.717, 1.165) is 38.2 Å². The monoisotopic (exact) mass is 415 g/mol. The molecule has 0 spiro atoms. The van der Waals surface area contributed by atoms with Gasteiger partial charge in [-0.1, -0.05) is 6.92 Å². The van der Waals surface area contributed by atoms with Crippen LogP contribution in [0.3, 0.4) is 0 Å². The van der Waals surface area contributed by atoms with Crippen LogP contribution in [-0.4, -0.2) is 32.7 Å². The summed E-state index contributed by atoms with van der Waals surface area (Å²) in [6, 6.07) is 2.62. The van der Waals surface area contributed by atoms with Gasteiger partial charge in [-0.3, -0.25) is 4.79 Å². The fourth-order valence-corrected chi connectivity index (χ4v) is 7.17. The molecule has 5 aliphatic rings. The van der Waals surface area contributed by atoms with Crippen molar-refractivity contribution < 1.29 is 18.7 Å². The van der Waals surface area contributed by atoms with Gasteiger partial charge in [-0.05, 0) is 61.7 Å². The SMILES string of the molecule is CC(C(=O)NC12CC(CO)C(C1)C2)C1[C@H]2CC(n3cnc4cc(F)c(F)cc43)C[C@@H]12. The van der Waals surface area contributed by atoms with Crippen LogP contribution in [0.15, 0.2) is 18.5 Å². The zero-order valence-electron chi connectivity index (χ0n) is 17.0. The lowest BCUT2D eigenvalue weighted by atomic mass is 9.76. The van der Waals surface area contributed by atoms with Crippen molar-refractivity contribution in [2.45, 2.75) is 50.6 Å². The number of imidazole rings is 1. The molecule has 0 aliphatic heterocycles. The zero-order valence-corrected chi connectivity index (χ0v) is 17.0. The number of rotatable bonds is 5. The number of carbonyl (C=O) groups excluding carboxylic acids is 1. The van der Waals surface area contributed by atoms with Crippen molar-refractivity contribution in [2.24, 2.45) is 35.5 Å². The number of aromatic nitrogens is 2. The van der Waals surface area contributed by atoms with Gasteiger partial charge in [0.1, 0.15) is 0 Å². The smallest absolute Gasteiger partial charge is 0.223 e. The first-order valence-electron chi connectivity index (χ1n) is 11.1. The van der Waals surface area contributed by atoms with Gasteiger partial charge < -0.3 is 15.0 Å². The normalized spacial score (nSPS) is 39.6. The molecule has 7 rings (SSSR count). The van der Waals surface area contributed by atoms with E-state index in [-0.39, 0.29) is 30.0 Å². The molecule has 6 atom stereocenters. The van der Waals surface area contributed by atoms with Crippen molar-refractivity contribution in [3.05, 3.63) is 30.1 Å². The van der Waals surface area contributed by atoms with Crippen molar-refractivity contribution in [1.82, 2.24) is 14.9 Å². The number of benzene rings is 1. The number of aliphatic hydroxyl groups is 1. The molecular weight excluding hydrogens is 388 g/mol. The Balaban J connectivity index is 1.10. The fraction of sp³-hybridized carbons (Fsp3) is 0.652. The molecular formula is C23H27F2N3O2. The summed E-state index contributed by atoms with van der Waals surface area (Å²) in [6.45, 7) is 2.27. The molecule has 4 unspecified atom stereocenters. The van der Waals surface area contributed by atoms with Crippen molar-refractivity contribution in [3.8, 4) is 0 Å². The van der Waals surface area contributed by atoms with Crippen molar-refractivity contribution in [1.29, 1.82) is 0 Å². The highest BCUT2D eigenvalue weighted by atomic mass is 19.2. The van der Waals surface area contributed by atoms with E-state index >= 15 is 0 Å². The van der Waals surface area contributed by atoms with Crippen LogP contribution in [0.2, 0.25) is 0 Å². The molecule has 2 aromatic rings. The maximum absolute atomic E-state index is 13.7. The first-order valence-corrected chi connectivity index (χ1v) is 11.1. The number of amides is 1. The highest BCUT2D eigenvalue weighted by Crippen LogP contribution is 2.64. The molecule has 30 heavy (non-hydrogen) atoms. The summed E-state index contributed by atoms with van der Waals surface area (Å²) < 4.78 is 29.2. The predicted octanol–water partition coefficient (Wildman–Crippen LogP) is 3.42. The van der Waals surface area contributed by atoms with Crippen molar-refractivity contribution in [3.63, 3.8) is 0 Å². The van der Waals surface area contributed by atoms with Crippen LogP contribution < -0.4 is 5.32 Å². The summed E-state index contributed by atoms with van der Waals surface area (Å²) in [5.74, 6) is 0.808. The molecule has 5 saturated carbocycles. The molecule has 1 aromatic carbocycles. The lowest BCUT2D eigenvalue weighted by Gasteiger charge is -2.40. The first kappa shape index (κ1) is 18.7. The molecule has 2 N–H and O–H groups in total. The largest absolute Gasteiger partial charge is 0.396 e. The number of aliphatic hydroxyl groups excluding tert-OH is 1. The van der Waals surface area contributed by atoms with E-state index in [1.165, 1.54) is 6.07 Å². The van der Waals surface area contributed by atoms with Crippen LogP contribution in [0.1, 0.15) is 45.1 Å². The average molecular weight is 415 g/mol. The number of carbonyl (C=O) groups is 1.